The average Bonchev–Trinajstić information content (AvgIpc) is 2.60. The minimum absolute atomic E-state index is 0.145. The molecule has 0 amide bonds. The summed E-state index contributed by atoms with van der Waals surface area (Å²) >= 11 is 16.2. The molecule has 0 fully saturated rings. The van der Waals surface area contributed by atoms with Crippen LogP contribution >= 0.6 is 68.4 Å². The van der Waals surface area contributed by atoms with Gasteiger partial charge in [-0.25, -0.2) is 8.78 Å². The van der Waals surface area contributed by atoms with Gasteiger partial charge in [-0.15, -0.1) is 0 Å². The van der Waals surface area contributed by atoms with Crippen molar-refractivity contribution in [3.63, 3.8) is 0 Å². The highest BCUT2D eigenvalue weighted by atomic mass is 127. The summed E-state index contributed by atoms with van der Waals surface area (Å²) in [5, 5.41) is 3.83. The molecule has 0 saturated carbocycles. The monoisotopic (exact) mass is 584 g/mol. The molecule has 0 unspecified atom stereocenters. The first-order valence-electron chi connectivity index (χ1n) is 6.87. The number of fused-ring (bicyclic) bond motifs is 4. The van der Waals surface area contributed by atoms with Gasteiger partial charge in [0.25, 0.3) is 0 Å². The van der Waals surface area contributed by atoms with Gasteiger partial charge >= 0.3 is 0 Å². The number of halogens is 6. The standard InChI is InChI=1S/C18H6Cl2F2I2/c19-13-11-12(15(21)14(20)16(13)22)17(23)9-6-5-7-3-1-2-4-8(7)10(9)18(11)24/h1-6H. The van der Waals surface area contributed by atoms with Crippen molar-refractivity contribution in [3.8, 4) is 0 Å². The minimum atomic E-state index is -0.920. The van der Waals surface area contributed by atoms with Gasteiger partial charge in [-0.05, 0) is 61.3 Å². The predicted molar refractivity (Wildman–Crippen MR) is 114 cm³/mol. The summed E-state index contributed by atoms with van der Waals surface area (Å²) in [6.07, 6.45) is 0. The van der Waals surface area contributed by atoms with Crippen molar-refractivity contribution in [2.24, 2.45) is 0 Å². The maximum atomic E-state index is 14.7. The molecule has 0 atom stereocenters. The van der Waals surface area contributed by atoms with E-state index in [1.165, 1.54) is 0 Å². The van der Waals surface area contributed by atoms with Crippen molar-refractivity contribution >= 4 is 101 Å². The van der Waals surface area contributed by atoms with E-state index in [-0.39, 0.29) is 10.4 Å². The fourth-order valence-corrected chi connectivity index (χ4v) is 5.75. The third-order valence-electron chi connectivity index (χ3n) is 4.09. The molecule has 0 heterocycles. The minimum Gasteiger partial charge on any atom is -0.205 e. The van der Waals surface area contributed by atoms with Crippen LogP contribution in [-0.4, -0.2) is 0 Å². The third-order valence-corrected chi connectivity index (χ3v) is 6.98. The normalized spacial score (nSPS) is 11.8. The zero-order valence-corrected chi connectivity index (χ0v) is 17.6. The average molecular weight is 585 g/mol. The molecule has 0 saturated heterocycles. The molecule has 0 nitrogen and oxygen atoms in total. The Morgan fingerprint density at radius 1 is 0.667 bits per heavy atom. The summed E-state index contributed by atoms with van der Waals surface area (Å²) in [4.78, 5) is 0. The Bertz CT molecular complexity index is 1170. The molecule has 0 bridgehead atoms. The topological polar surface area (TPSA) is 0 Å². The van der Waals surface area contributed by atoms with Crippen molar-refractivity contribution in [3.05, 3.63) is 65.2 Å². The zero-order valence-electron chi connectivity index (χ0n) is 11.7. The highest BCUT2D eigenvalue weighted by molar-refractivity contribution is 14.1. The molecule has 4 aromatic rings. The fourth-order valence-electron chi connectivity index (χ4n) is 2.99. The van der Waals surface area contributed by atoms with Crippen LogP contribution in [0.1, 0.15) is 0 Å². The van der Waals surface area contributed by atoms with Gasteiger partial charge in [0.1, 0.15) is 5.02 Å². The van der Waals surface area contributed by atoms with Crippen molar-refractivity contribution in [1.29, 1.82) is 0 Å². The largest absolute Gasteiger partial charge is 0.205 e. The maximum absolute atomic E-state index is 14.7. The second kappa shape index (κ2) is 6.07. The van der Waals surface area contributed by atoms with Crippen LogP contribution in [0.25, 0.3) is 32.3 Å². The Morgan fingerprint density at radius 3 is 2.12 bits per heavy atom. The van der Waals surface area contributed by atoms with Crippen molar-refractivity contribution in [2.75, 3.05) is 0 Å². The molecule has 0 N–H and O–H groups in total. The van der Waals surface area contributed by atoms with Gasteiger partial charge < -0.3 is 0 Å². The van der Waals surface area contributed by atoms with E-state index in [9.17, 15) is 8.78 Å². The van der Waals surface area contributed by atoms with Crippen molar-refractivity contribution in [2.45, 2.75) is 0 Å². The van der Waals surface area contributed by atoms with Crippen LogP contribution in [0.15, 0.2) is 36.4 Å². The van der Waals surface area contributed by atoms with E-state index in [1.54, 1.807) is 0 Å². The molecular weight excluding hydrogens is 579 g/mol. The summed E-state index contributed by atoms with van der Waals surface area (Å²) in [6.45, 7) is 0. The van der Waals surface area contributed by atoms with Crippen LogP contribution < -0.4 is 0 Å². The smallest absolute Gasteiger partial charge is 0.164 e. The van der Waals surface area contributed by atoms with E-state index in [1.807, 2.05) is 36.4 Å². The maximum Gasteiger partial charge on any atom is 0.164 e. The van der Waals surface area contributed by atoms with Gasteiger partial charge in [0.2, 0.25) is 0 Å². The first-order valence-corrected chi connectivity index (χ1v) is 9.79. The second-order valence-electron chi connectivity index (χ2n) is 5.34. The van der Waals surface area contributed by atoms with Crippen LogP contribution in [0.4, 0.5) is 8.78 Å². The predicted octanol–water partition coefficient (Wildman–Crippen LogP) is 7.94. The number of hydrogen-bond acceptors (Lipinski definition) is 0. The molecular formula is C18H6Cl2F2I2. The van der Waals surface area contributed by atoms with Gasteiger partial charge in [0.15, 0.2) is 11.6 Å². The van der Waals surface area contributed by atoms with E-state index < -0.39 is 16.7 Å². The summed E-state index contributed by atoms with van der Waals surface area (Å²) in [5.74, 6) is -1.69. The van der Waals surface area contributed by atoms with E-state index in [0.29, 0.717) is 12.5 Å². The number of benzene rings is 4. The Labute approximate surface area is 173 Å². The van der Waals surface area contributed by atoms with E-state index in [0.717, 1.165) is 21.5 Å². The van der Waals surface area contributed by atoms with Gasteiger partial charge in [0, 0.05) is 23.3 Å². The van der Waals surface area contributed by atoms with Crippen molar-refractivity contribution in [1.82, 2.24) is 0 Å². The van der Waals surface area contributed by atoms with Gasteiger partial charge in [-0.1, -0.05) is 59.6 Å². The van der Waals surface area contributed by atoms with Crippen LogP contribution in [0.5, 0.6) is 0 Å². The lowest BCUT2D eigenvalue weighted by Crippen LogP contribution is -1.97. The van der Waals surface area contributed by atoms with Crippen LogP contribution in [0.2, 0.25) is 10.0 Å². The molecule has 0 aliphatic heterocycles. The molecule has 0 aliphatic carbocycles. The second-order valence-corrected chi connectivity index (χ2v) is 8.26. The summed E-state index contributed by atoms with van der Waals surface area (Å²) in [5.41, 5.74) is 0. The van der Waals surface area contributed by atoms with E-state index >= 15 is 0 Å². The first kappa shape index (κ1) is 17.0. The van der Waals surface area contributed by atoms with Gasteiger partial charge in [0.05, 0.1) is 5.02 Å². The zero-order chi connectivity index (χ0) is 17.2. The highest BCUT2D eigenvalue weighted by Crippen LogP contribution is 2.44. The SMILES string of the molecule is Fc1c(Cl)c(F)c2c(I)c3ccc4ccccc4c3c(I)c2c1Cl. The van der Waals surface area contributed by atoms with Crippen LogP contribution in [0.3, 0.4) is 0 Å². The summed E-state index contributed by atoms with van der Waals surface area (Å²) < 4.78 is 30.3. The molecule has 24 heavy (non-hydrogen) atoms. The highest BCUT2D eigenvalue weighted by Gasteiger charge is 2.24. The lowest BCUT2D eigenvalue weighted by molar-refractivity contribution is 0.593. The summed E-state index contributed by atoms with van der Waals surface area (Å²) in [6, 6.07) is 11.8. The number of hydrogen-bond donors (Lipinski definition) is 0. The molecule has 120 valence electrons. The summed E-state index contributed by atoms with van der Waals surface area (Å²) in [7, 11) is 0. The third kappa shape index (κ3) is 2.26. The van der Waals surface area contributed by atoms with Crippen LogP contribution in [0, 0.1) is 18.8 Å². The Kier molecular flexibility index (Phi) is 4.30. The van der Waals surface area contributed by atoms with Crippen molar-refractivity contribution < 1.29 is 8.78 Å². The van der Waals surface area contributed by atoms with Gasteiger partial charge in [-0.2, -0.15) is 0 Å². The van der Waals surface area contributed by atoms with Gasteiger partial charge in [-0.3, -0.25) is 0 Å². The van der Waals surface area contributed by atoms with E-state index in [2.05, 4.69) is 45.2 Å². The molecule has 0 aromatic heterocycles. The fraction of sp³-hybridized carbons (Fsp3) is 0. The molecule has 0 aliphatic rings. The Morgan fingerprint density at radius 2 is 1.38 bits per heavy atom. The molecule has 0 spiro atoms. The van der Waals surface area contributed by atoms with Crippen LogP contribution in [-0.2, 0) is 0 Å². The lowest BCUT2D eigenvalue weighted by Gasteiger charge is -2.15. The lowest BCUT2D eigenvalue weighted by atomic mass is 9.98. The molecule has 4 rings (SSSR count). The first-order chi connectivity index (χ1) is 11.4. The Hall–Kier alpha value is -0.440. The Balaban J connectivity index is 2.41. The number of rotatable bonds is 0. The quantitative estimate of drug-likeness (QED) is 0.0647. The van der Waals surface area contributed by atoms with E-state index in [4.69, 9.17) is 23.2 Å². The molecule has 4 aromatic carbocycles. The molecule has 6 heteroatoms. The molecule has 0 radical (unpaired) electrons.